The third-order valence-electron chi connectivity index (χ3n) is 2.59. The molecule has 0 aliphatic heterocycles. The van der Waals surface area contributed by atoms with Crippen LogP contribution in [0.1, 0.15) is 25.3 Å². The molecule has 0 spiro atoms. The molecule has 0 bridgehead atoms. The van der Waals surface area contributed by atoms with Gasteiger partial charge in [0.25, 0.3) is 0 Å². The normalized spacial score (nSPS) is 10.9. The van der Waals surface area contributed by atoms with Crippen LogP contribution in [0.25, 0.3) is 10.9 Å². The molecule has 0 amide bonds. The van der Waals surface area contributed by atoms with Crippen molar-refractivity contribution in [1.82, 2.24) is 4.98 Å². The largest absolute Gasteiger partial charge is 0.399 e. The maximum atomic E-state index is 5.71. The Morgan fingerprint density at radius 3 is 3.00 bits per heavy atom. The molecule has 2 rings (SSSR count). The lowest BCUT2D eigenvalue weighted by atomic mass is 10.1. The molecular weight excluding hydrogens is 172 g/mol. The minimum Gasteiger partial charge on any atom is -0.399 e. The highest BCUT2D eigenvalue weighted by Gasteiger charge is 2.02. The minimum absolute atomic E-state index is 0.821. The summed E-state index contributed by atoms with van der Waals surface area (Å²) >= 11 is 0. The number of nitrogens with two attached hydrogens (primary N) is 1. The number of aromatic nitrogens is 1. The Hall–Kier alpha value is -1.44. The van der Waals surface area contributed by atoms with E-state index < -0.39 is 0 Å². The number of nitrogen functional groups attached to an aromatic ring is 1. The smallest absolute Gasteiger partial charge is 0.0477 e. The number of fused-ring (bicyclic) bond motifs is 1. The van der Waals surface area contributed by atoms with Crippen molar-refractivity contribution in [2.45, 2.75) is 26.2 Å². The van der Waals surface area contributed by atoms with E-state index in [0.29, 0.717) is 0 Å². The highest BCUT2D eigenvalue weighted by molar-refractivity contribution is 5.85. The molecular formula is C12H16N2. The van der Waals surface area contributed by atoms with Gasteiger partial charge in [0.2, 0.25) is 0 Å². The summed E-state index contributed by atoms with van der Waals surface area (Å²) in [6.45, 7) is 2.22. The van der Waals surface area contributed by atoms with E-state index in [4.69, 9.17) is 5.73 Å². The van der Waals surface area contributed by atoms with Gasteiger partial charge >= 0.3 is 0 Å². The zero-order valence-corrected chi connectivity index (χ0v) is 8.51. The van der Waals surface area contributed by atoms with Gasteiger partial charge < -0.3 is 10.7 Å². The van der Waals surface area contributed by atoms with Gasteiger partial charge in [-0.25, -0.2) is 0 Å². The second-order valence-electron chi connectivity index (χ2n) is 3.72. The number of hydrogen-bond acceptors (Lipinski definition) is 1. The number of aryl methyl sites for hydroxylation is 1. The summed E-state index contributed by atoms with van der Waals surface area (Å²) in [5, 5.41) is 1.31. The first-order chi connectivity index (χ1) is 6.81. The number of unbranched alkanes of at least 4 members (excludes halogenated alkanes) is 1. The molecule has 0 fully saturated rings. The maximum Gasteiger partial charge on any atom is 0.0477 e. The highest BCUT2D eigenvalue weighted by Crippen LogP contribution is 2.21. The molecule has 74 valence electrons. The van der Waals surface area contributed by atoms with Crippen molar-refractivity contribution in [3.63, 3.8) is 0 Å². The summed E-state index contributed by atoms with van der Waals surface area (Å²) in [6, 6.07) is 6.06. The molecule has 1 heterocycles. The number of nitrogens with one attached hydrogen (secondary N) is 1. The van der Waals surface area contributed by atoms with Crippen LogP contribution in [-0.4, -0.2) is 4.98 Å². The van der Waals surface area contributed by atoms with Crippen LogP contribution in [0.4, 0.5) is 5.69 Å². The predicted molar refractivity (Wildman–Crippen MR) is 61.3 cm³/mol. The SMILES string of the molecule is CCCCc1c[nH]c2cc(N)ccc12. The average Bonchev–Trinajstić information content (AvgIpc) is 2.57. The number of rotatable bonds is 3. The van der Waals surface area contributed by atoms with E-state index in [1.54, 1.807) is 0 Å². The molecule has 0 atom stereocenters. The van der Waals surface area contributed by atoms with Crippen LogP contribution < -0.4 is 5.73 Å². The van der Waals surface area contributed by atoms with Crippen molar-refractivity contribution in [3.8, 4) is 0 Å². The number of H-pyrrole nitrogens is 1. The Kier molecular flexibility index (Phi) is 2.44. The summed E-state index contributed by atoms with van der Waals surface area (Å²) in [6.07, 6.45) is 5.74. The van der Waals surface area contributed by atoms with Gasteiger partial charge in [-0.05, 0) is 30.5 Å². The number of anilines is 1. The van der Waals surface area contributed by atoms with Gasteiger partial charge in [0.1, 0.15) is 0 Å². The molecule has 0 saturated carbocycles. The van der Waals surface area contributed by atoms with Crippen LogP contribution in [-0.2, 0) is 6.42 Å². The minimum atomic E-state index is 0.821. The van der Waals surface area contributed by atoms with Gasteiger partial charge in [0.15, 0.2) is 0 Å². The summed E-state index contributed by atoms with van der Waals surface area (Å²) in [5.74, 6) is 0. The first-order valence-corrected chi connectivity index (χ1v) is 5.16. The van der Waals surface area contributed by atoms with Gasteiger partial charge in [-0.3, -0.25) is 0 Å². The lowest BCUT2D eigenvalue weighted by Crippen LogP contribution is -1.84. The molecule has 2 nitrogen and oxygen atoms in total. The van der Waals surface area contributed by atoms with Gasteiger partial charge in [0, 0.05) is 22.8 Å². The van der Waals surface area contributed by atoms with Crippen LogP contribution in [0.3, 0.4) is 0 Å². The van der Waals surface area contributed by atoms with Crippen molar-refractivity contribution in [2.75, 3.05) is 5.73 Å². The molecule has 2 heteroatoms. The molecule has 3 N–H and O–H groups in total. The molecule has 1 aromatic heterocycles. The van der Waals surface area contributed by atoms with Gasteiger partial charge in [-0.1, -0.05) is 19.4 Å². The topological polar surface area (TPSA) is 41.8 Å². The van der Waals surface area contributed by atoms with E-state index in [0.717, 1.165) is 17.6 Å². The van der Waals surface area contributed by atoms with E-state index in [1.807, 2.05) is 12.1 Å². The fourth-order valence-corrected chi connectivity index (χ4v) is 1.78. The number of benzene rings is 1. The Bertz CT molecular complexity index is 429. The predicted octanol–water partition coefficient (Wildman–Crippen LogP) is 3.09. The number of hydrogen-bond donors (Lipinski definition) is 2. The van der Waals surface area contributed by atoms with Crippen molar-refractivity contribution in [1.29, 1.82) is 0 Å². The van der Waals surface area contributed by atoms with Crippen molar-refractivity contribution in [3.05, 3.63) is 30.0 Å². The van der Waals surface area contributed by atoms with Crippen LogP contribution in [0, 0.1) is 0 Å². The zero-order valence-electron chi connectivity index (χ0n) is 8.51. The highest BCUT2D eigenvalue weighted by atomic mass is 14.7. The van der Waals surface area contributed by atoms with E-state index in [1.165, 1.54) is 23.8 Å². The second kappa shape index (κ2) is 3.74. The molecule has 0 aliphatic rings. The third kappa shape index (κ3) is 1.60. The van der Waals surface area contributed by atoms with Crippen LogP contribution in [0.5, 0.6) is 0 Å². The van der Waals surface area contributed by atoms with E-state index in [9.17, 15) is 0 Å². The second-order valence-corrected chi connectivity index (χ2v) is 3.72. The summed E-state index contributed by atoms with van der Waals surface area (Å²) in [4.78, 5) is 3.26. The molecule has 14 heavy (non-hydrogen) atoms. The number of aromatic amines is 1. The van der Waals surface area contributed by atoms with Crippen molar-refractivity contribution in [2.24, 2.45) is 0 Å². The Morgan fingerprint density at radius 1 is 1.36 bits per heavy atom. The van der Waals surface area contributed by atoms with Gasteiger partial charge in [-0.2, -0.15) is 0 Å². The molecule has 0 saturated heterocycles. The Balaban J connectivity index is 2.37. The molecule has 2 aromatic rings. The van der Waals surface area contributed by atoms with Crippen LogP contribution in [0.2, 0.25) is 0 Å². The summed E-state index contributed by atoms with van der Waals surface area (Å²) in [5.41, 5.74) is 9.09. The lowest BCUT2D eigenvalue weighted by Gasteiger charge is -1.97. The average molecular weight is 188 g/mol. The Labute approximate surface area is 84.1 Å². The molecule has 1 aromatic carbocycles. The summed E-state index contributed by atoms with van der Waals surface area (Å²) < 4.78 is 0. The first-order valence-electron chi connectivity index (χ1n) is 5.16. The molecule has 0 radical (unpaired) electrons. The molecule has 0 unspecified atom stereocenters. The fraction of sp³-hybridized carbons (Fsp3) is 0.333. The van der Waals surface area contributed by atoms with E-state index in [-0.39, 0.29) is 0 Å². The van der Waals surface area contributed by atoms with Gasteiger partial charge in [0.05, 0.1) is 0 Å². The third-order valence-corrected chi connectivity index (χ3v) is 2.59. The Morgan fingerprint density at radius 2 is 2.21 bits per heavy atom. The van der Waals surface area contributed by atoms with Crippen molar-refractivity contribution >= 4 is 16.6 Å². The lowest BCUT2D eigenvalue weighted by molar-refractivity contribution is 0.799. The zero-order chi connectivity index (χ0) is 9.97. The van der Waals surface area contributed by atoms with Crippen molar-refractivity contribution < 1.29 is 0 Å². The monoisotopic (exact) mass is 188 g/mol. The van der Waals surface area contributed by atoms with E-state index >= 15 is 0 Å². The fourth-order valence-electron chi connectivity index (χ4n) is 1.78. The van der Waals surface area contributed by atoms with Crippen LogP contribution in [0.15, 0.2) is 24.4 Å². The maximum absolute atomic E-state index is 5.71. The first kappa shape index (κ1) is 9.13. The van der Waals surface area contributed by atoms with E-state index in [2.05, 4.69) is 24.2 Å². The standard InChI is InChI=1S/C12H16N2/c1-2-3-4-9-8-14-12-7-10(13)5-6-11(9)12/h5-8,14H,2-4,13H2,1H3. The van der Waals surface area contributed by atoms with Gasteiger partial charge in [-0.15, -0.1) is 0 Å². The molecule has 0 aliphatic carbocycles. The summed E-state index contributed by atoms with van der Waals surface area (Å²) in [7, 11) is 0. The van der Waals surface area contributed by atoms with Crippen LogP contribution >= 0.6 is 0 Å². The quantitative estimate of drug-likeness (QED) is 0.714.